The zero-order valence-electron chi connectivity index (χ0n) is 23.8. The number of nitrogens with zero attached hydrogens (tertiary/aromatic N) is 2. The van der Waals surface area contributed by atoms with E-state index in [0.29, 0.717) is 47.3 Å². The molecule has 2 N–H and O–H groups in total. The first-order valence-electron chi connectivity index (χ1n) is 13.4. The maximum Gasteiger partial charge on any atom is 0.491 e. The fourth-order valence-corrected chi connectivity index (χ4v) is 5.02. The zero-order valence-corrected chi connectivity index (χ0v) is 23.8. The fraction of sp³-hybridized carbons (Fsp3) is 0.212. The first-order chi connectivity index (χ1) is 20.2. The molecule has 0 aromatic heterocycles. The molecule has 0 atom stereocenters. The molecule has 0 saturated heterocycles. The molecule has 2 heterocycles. The number of aryl methyl sites for hydroxylation is 4. The molecular weight excluding hydrogens is 542 g/mol. The van der Waals surface area contributed by atoms with Gasteiger partial charge in [0.05, 0.1) is 30.4 Å². The molecule has 0 radical (unpaired) electrons. The summed E-state index contributed by atoms with van der Waals surface area (Å²) < 4.78 is 22.1. The molecule has 43 heavy (non-hydrogen) atoms. The van der Waals surface area contributed by atoms with Crippen LogP contribution in [0, 0.1) is 50.4 Å². The van der Waals surface area contributed by atoms with E-state index in [4.69, 9.17) is 24.0 Å². The molecule has 0 spiro atoms. The van der Waals surface area contributed by atoms with Crippen molar-refractivity contribution in [3.05, 3.63) is 105 Å². The molecular formula is C33H32B2N2O6. The Bertz CT molecular complexity index is 1760. The molecule has 0 saturated carbocycles. The van der Waals surface area contributed by atoms with Gasteiger partial charge in [-0.25, -0.2) is 0 Å². The van der Waals surface area contributed by atoms with Gasteiger partial charge in [0.25, 0.3) is 0 Å². The second kappa shape index (κ2) is 13.2. The number of nitriles is 2. The highest BCUT2D eigenvalue weighted by Gasteiger charge is 2.28. The smallest absolute Gasteiger partial charge is 0.457 e. The number of hydrogen-bond donors (Lipinski definition) is 2. The van der Waals surface area contributed by atoms with Crippen molar-refractivity contribution in [2.75, 3.05) is 0 Å². The van der Waals surface area contributed by atoms with Gasteiger partial charge in [-0.3, -0.25) is 0 Å². The largest absolute Gasteiger partial charge is 0.491 e. The van der Waals surface area contributed by atoms with Gasteiger partial charge in [-0.15, -0.1) is 0 Å². The summed E-state index contributed by atoms with van der Waals surface area (Å²) in [4.78, 5) is 0. The second-order valence-corrected chi connectivity index (χ2v) is 10.4. The first-order valence-corrected chi connectivity index (χ1v) is 13.4. The molecule has 0 unspecified atom stereocenters. The molecule has 2 aliphatic rings. The molecule has 8 nitrogen and oxygen atoms in total. The quantitative estimate of drug-likeness (QED) is 0.326. The summed E-state index contributed by atoms with van der Waals surface area (Å²) in [5.41, 5.74) is 8.36. The highest BCUT2D eigenvalue weighted by Crippen LogP contribution is 2.31. The minimum Gasteiger partial charge on any atom is -0.457 e. The predicted octanol–water partition coefficient (Wildman–Crippen LogP) is 5.01. The standard InChI is InChI=1S/2C16H14BNO3.CH4/c1-10-5-11(2)16(7-12(10)8-18)21-14-3-4-15-13(6-14)9-20-17(15)19;1-10-5-11(2)16(12(6-10)8-18)21-14-3-4-15-13(7-14)9-20-17(15)19;/h2*3-7,19H,9H2,1-2H3;1H4. The van der Waals surface area contributed by atoms with Crippen LogP contribution in [0.25, 0.3) is 0 Å². The molecule has 0 aliphatic carbocycles. The lowest BCUT2D eigenvalue weighted by Crippen LogP contribution is -2.27. The summed E-state index contributed by atoms with van der Waals surface area (Å²) in [6.45, 7) is 8.47. The summed E-state index contributed by atoms with van der Waals surface area (Å²) in [6, 6.07) is 22.7. The number of benzene rings is 4. The van der Waals surface area contributed by atoms with Crippen LogP contribution in [0.1, 0.15) is 51.9 Å². The van der Waals surface area contributed by atoms with Gasteiger partial charge in [0.15, 0.2) is 0 Å². The van der Waals surface area contributed by atoms with Gasteiger partial charge in [-0.05, 0) is 108 Å². The SMILES string of the molecule is C.Cc1cc(C)c(Oc2ccc3c(c2)COB3O)c(C#N)c1.Cc1cc(C)c(Oc2ccc3c(c2)COB3O)cc1C#N. The maximum atomic E-state index is 9.61. The van der Waals surface area contributed by atoms with Crippen molar-refractivity contribution in [1.82, 2.24) is 0 Å². The van der Waals surface area contributed by atoms with Crippen molar-refractivity contribution >= 4 is 25.2 Å². The number of rotatable bonds is 4. The number of ether oxygens (including phenoxy) is 2. The summed E-state index contributed by atoms with van der Waals surface area (Å²) in [5, 5.41) is 37.6. The van der Waals surface area contributed by atoms with Crippen LogP contribution < -0.4 is 20.4 Å². The highest BCUT2D eigenvalue weighted by atomic mass is 16.5. The fourth-order valence-electron chi connectivity index (χ4n) is 5.02. The summed E-state index contributed by atoms with van der Waals surface area (Å²) >= 11 is 0. The van der Waals surface area contributed by atoms with E-state index in [9.17, 15) is 15.3 Å². The van der Waals surface area contributed by atoms with Crippen LogP contribution in [-0.4, -0.2) is 24.3 Å². The Hall–Kier alpha value is -4.57. The lowest BCUT2D eigenvalue weighted by Gasteiger charge is -2.12. The third-order valence-corrected chi connectivity index (χ3v) is 7.18. The predicted molar refractivity (Wildman–Crippen MR) is 166 cm³/mol. The molecule has 10 heteroatoms. The average Bonchev–Trinajstić information content (AvgIpc) is 3.53. The Kier molecular flexibility index (Phi) is 9.60. The highest BCUT2D eigenvalue weighted by molar-refractivity contribution is 6.62. The second-order valence-electron chi connectivity index (χ2n) is 10.4. The normalized spacial score (nSPS) is 12.7. The van der Waals surface area contributed by atoms with E-state index in [1.807, 2.05) is 58.0 Å². The van der Waals surface area contributed by atoms with Crippen LogP contribution in [0.15, 0.2) is 60.7 Å². The lowest BCUT2D eigenvalue weighted by molar-refractivity contribution is 0.274. The van der Waals surface area contributed by atoms with Crippen molar-refractivity contribution in [2.45, 2.75) is 48.3 Å². The van der Waals surface area contributed by atoms with Gasteiger partial charge in [0.1, 0.15) is 29.1 Å². The van der Waals surface area contributed by atoms with Crippen LogP contribution in [-0.2, 0) is 22.5 Å². The van der Waals surface area contributed by atoms with Crippen LogP contribution in [0.5, 0.6) is 23.0 Å². The summed E-state index contributed by atoms with van der Waals surface area (Å²) in [7, 11) is -1.70. The van der Waals surface area contributed by atoms with Crippen molar-refractivity contribution in [3.8, 4) is 35.1 Å². The Morgan fingerprint density at radius 1 is 0.674 bits per heavy atom. The van der Waals surface area contributed by atoms with E-state index >= 15 is 0 Å². The Labute approximate surface area is 253 Å². The number of fused-ring (bicyclic) bond motifs is 2. The minimum atomic E-state index is -0.857. The van der Waals surface area contributed by atoms with E-state index in [1.165, 1.54) is 0 Å². The van der Waals surface area contributed by atoms with Gasteiger partial charge in [-0.1, -0.05) is 31.7 Å². The van der Waals surface area contributed by atoms with Gasteiger partial charge >= 0.3 is 14.2 Å². The zero-order chi connectivity index (χ0) is 30.0. The molecule has 0 fully saturated rings. The van der Waals surface area contributed by atoms with E-state index in [0.717, 1.165) is 44.3 Å². The van der Waals surface area contributed by atoms with Crippen LogP contribution in [0.4, 0.5) is 0 Å². The van der Waals surface area contributed by atoms with E-state index in [-0.39, 0.29) is 7.43 Å². The molecule has 0 bridgehead atoms. The first kappa shape index (κ1) is 31.4. The molecule has 6 rings (SSSR count). The monoisotopic (exact) mass is 574 g/mol. The topological polar surface area (TPSA) is 125 Å². The minimum absolute atomic E-state index is 0. The van der Waals surface area contributed by atoms with Crippen LogP contribution in [0.3, 0.4) is 0 Å². The van der Waals surface area contributed by atoms with E-state index in [1.54, 1.807) is 30.3 Å². The maximum absolute atomic E-state index is 9.61. The Morgan fingerprint density at radius 2 is 1.23 bits per heavy atom. The van der Waals surface area contributed by atoms with Crippen LogP contribution in [0.2, 0.25) is 0 Å². The summed E-state index contributed by atoms with van der Waals surface area (Å²) in [6.07, 6.45) is 0. The van der Waals surface area contributed by atoms with Crippen molar-refractivity contribution in [3.63, 3.8) is 0 Å². The molecule has 2 aliphatic heterocycles. The molecule has 0 amide bonds. The summed E-state index contributed by atoms with van der Waals surface area (Å²) in [5.74, 6) is 2.54. The van der Waals surface area contributed by atoms with E-state index in [2.05, 4.69) is 12.1 Å². The average molecular weight is 574 g/mol. The third kappa shape index (κ3) is 6.75. The lowest BCUT2D eigenvalue weighted by atomic mass is 9.79. The van der Waals surface area contributed by atoms with Crippen molar-refractivity contribution in [1.29, 1.82) is 10.5 Å². The Balaban J connectivity index is 0.000000192. The van der Waals surface area contributed by atoms with E-state index < -0.39 is 14.2 Å². The van der Waals surface area contributed by atoms with Crippen molar-refractivity contribution < 1.29 is 28.8 Å². The Morgan fingerprint density at radius 3 is 1.79 bits per heavy atom. The van der Waals surface area contributed by atoms with Gasteiger partial charge in [-0.2, -0.15) is 10.5 Å². The van der Waals surface area contributed by atoms with Crippen LogP contribution >= 0.6 is 0 Å². The van der Waals surface area contributed by atoms with Gasteiger partial charge in [0.2, 0.25) is 0 Å². The number of hydrogen-bond acceptors (Lipinski definition) is 8. The van der Waals surface area contributed by atoms with Gasteiger partial charge in [0, 0.05) is 0 Å². The third-order valence-electron chi connectivity index (χ3n) is 7.18. The molecule has 4 aromatic rings. The van der Waals surface area contributed by atoms with Crippen molar-refractivity contribution in [2.24, 2.45) is 0 Å². The molecule has 4 aromatic carbocycles. The van der Waals surface area contributed by atoms with Gasteiger partial charge < -0.3 is 28.8 Å². The molecule has 216 valence electrons.